The van der Waals surface area contributed by atoms with Gasteiger partial charge in [-0.1, -0.05) is 6.07 Å². The first kappa shape index (κ1) is 11.5. The van der Waals surface area contributed by atoms with Gasteiger partial charge in [0.2, 0.25) is 5.95 Å². The van der Waals surface area contributed by atoms with Gasteiger partial charge in [0.15, 0.2) is 12.0 Å². The summed E-state index contributed by atoms with van der Waals surface area (Å²) in [6.07, 6.45) is 3.34. The lowest BCUT2D eigenvalue weighted by atomic mass is 10.1. The minimum atomic E-state index is 0.792. The van der Waals surface area contributed by atoms with E-state index in [0.29, 0.717) is 0 Å². The highest BCUT2D eigenvalue weighted by Gasteiger charge is 2.14. The molecule has 1 aliphatic rings. The van der Waals surface area contributed by atoms with Crippen molar-refractivity contribution in [3.63, 3.8) is 0 Å². The predicted molar refractivity (Wildman–Crippen MR) is 76.7 cm³/mol. The molecule has 1 saturated heterocycles. The third-order valence-corrected chi connectivity index (χ3v) is 3.62. The number of nitrogens with zero attached hydrogens (tertiary/aromatic N) is 3. The van der Waals surface area contributed by atoms with E-state index in [1.54, 1.807) is 0 Å². The summed E-state index contributed by atoms with van der Waals surface area (Å²) in [5, 5.41) is 3.34. The van der Waals surface area contributed by atoms with Crippen LogP contribution in [-0.2, 0) is 0 Å². The molecule has 3 aromatic rings. The molecule has 3 heterocycles. The SMILES string of the molecule is c1nc2ccc(-c3cnc(N4CCNCC4)[nH]3)cc2o1. The summed E-state index contributed by atoms with van der Waals surface area (Å²) >= 11 is 0. The Morgan fingerprint density at radius 2 is 2.05 bits per heavy atom. The number of aromatic amines is 1. The van der Waals surface area contributed by atoms with E-state index in [2.05, 4.69) is 25.2 Å². The van der Waals surface area contributed by atoms with E-state index in [0.717, 1.165) is 54.5 Å². The molecule has 20 heavy (non-hydrogen) atoms. The van der Waals surface area contributed by atoms with Crippen LogP contribution >= 0.6 is 0 Å². The molecule has 102 valence electrons. The smallest absolute Gasteiger partial charge is 0.203 e. The van der Waals surface area contributed by atoms with Gasteiger partial charge in [-0.15, -0.1) is 0 Å². The zero-order valence-corrected chi connectivity index (χ0v) is 11.0. The molecule has 0 saturated carbocycles. The van der Waals surface area contributed by atoms with Crippen molar-refractivity contribution in [2.75, 3.05) is 31.1 Å². The van der Waals surface area contributed by atoms with Gasteiger partial charge in [0.1, 0.15) is 5.52 Å². The minimum Gasteiger partial charge on any atom is -0.443 e. The van der Waals surface area contributed by atoms with Gasteiger partial charge in [0.05, 0.1) is 11.9 Å². The zero-order valence-electron chi connectivity index (χ0n) is 11.0. The average molecular weight is 269 g/mol. The zero-order chi connectivity index (χ0) is 13.4. The third-order valence-electron chi connectivity index (χ3n) is 3.62. The maximum atomic E-state index is 5.34. The molecule has 0 aliphatic carbocycles. The number of hydrogen-bond acceptors (Lipinski definition) is 5. The number of rotatable bonds is 2. The van der Waals surface area contributed by atoms with E-state index >= 15 is 0 Å². The van der Waals surface area contributed by atoms with Crippen molar-refractivity contribution < 1.29 is 4.42 Å². The lowest BCUT2D eigenvalue weighted by molar-refractivity contribution is 0.581. The Morgan fingerprint density at radius 1 is 1.15 bits per heavy atom. The molecule has 1 aliphatic heterocycles. The van der Waals surface area contributed by atoms with Crippen LogP contribution in [0.1, 0.15) is 0 Å². The number of imidazole rings is 1. The first-order valence-electron chi connectivity index (χ1n) is 6.74. The summed E-state index contributed by atoms with van der Waals surface area (Å²) < 4.78 is 5.34. The van der Waals surface area contributed by atoms with Crippen molar-refractivity contribution in [3.05, 3.63) is 30.8 Å². The standard InChI is InChI=1S/C14H15N5O/c1-2-11-13(20-9-17-11)7-10(1)12-8-16-14(18-12)19-5-3-15-4-6-19/h1-2,7-9,15H,3-6H2,(H,16,18). The second kappa shape index (κ2) is 4.64. The maximum absolute atomic E-state index is 5.34. The monoisotopic (exact) mass is 269 g/mol. The molecule has 1 fully saturated rings. The summed E-state index contributed by atoms with van der Waals surface area (Å²) in [5.74, 6) is 0.930. The Kier molecular flexibility index (Phi) is 2.67. The number of benzene rings is 1. The largest absolute Gasteiger partial charge is 0.443 e. The summed E-state index contributed by atoms with van der Waals surface area (Å²) in [7, 11) is 0. The summed E-state index contributed by atoms with van der Waals surface area (Å²) in [5.41, 5.74) is 3.72. The lowest BCUT2D eigenvalue weighted by Gasteiger charge is -2.26. The minimum absolute atomic E-state index is 0.792. The molecule has 6 nitrogen and oxygen atoms in total. The molecule has 0 bridgehead atoms. The van der Waals surface area contributed by atoms with Crippen LogP contribution < -0.4 is 10.2 Å². The molecule has 0 unspecified atom stereocenters. The molecule has 6 heteroatoms. The molecule has 0 amide bonds. The van der Waals surface area contributed by atoms with Crippen molar-refractivity contribution >= 4 is 17.0 Å². The van der Waals surface area contributed by atoms with E-state index in [9.17, 15) is 0 Å². The second-order valence-corrected chi connectivity index (χ2v) is 4.89. The molecule has 1 aromatic carbocycles. The van der Waals surface area contributed by atoms with Crippen LogP contribution in [0.25, 0.3) is 22.4 Å². The van der Waals surface area contributed by atoms with Crippen LogP contribution in [0, 0.1) is 0 Å². The van der Waals surface area contributed by atoms with Gasteiger partial charge < -0.3 is 19.6 Å². The van der Waals surface area contributed by atoms with Gasteiger partial charge in [-0.05, 0) is 12.1 Å². The molecule has 2 aromatic heterocycles. The molecule has 2 N–H and O–H groups in total. The summed E-state index contributed by atoms with van der Waals surface area (Å²) in [6.45, 7) is 3.96. The van der Waals surface area contributed by atoms with Crippen LogP contribution in [0.4, 0.5) is 5.95 Å². The van der Waals surface area contributed by atoms with Gasteiger partial charge in [0, 0.05) is 31.7 Å². The highest BCUT2D eigenvalue weighted by atomic mass is 16.3. The average Bonchev–Trinajstić information content (AvgIpc) is 3.16. The van der Waals surface area contributed by atoms with Crippen LogP contribution in [0.5, 0.6) is 0 Å². The van der Waals surface area contributed by atoms with Crippen molar-refractivity contribution in [1.82, 2.24) is 20.3 Å². The van der Waals surface area contributed by atoms with Gasteiger partial charge >= 0.3 is 0 Å². The Balaban J connectivity index is 1.66. The van der Waals surface area contributed by atoms with Crippen molar-refractivity contribution in [1.29, 1.82) is 0 Å². The van der Waals surface area contributed by atoms with Crippen molar-refractivity contribution in [2.45, 2.75) is 0 Å². The van der Waals surface area contributed by atoms with Crippen LogP contribution in [0.2, 0.25) is 0 Å². The maximum Gasteiger partial charge on any atom is 0.203 e. The second-order valence-electron chi connectivity index (χ2n) is 4.89. The van der Waals surface area contributed by atoms with E-state index in [1.165, 1.54) is 6.39 Å². The van der Waals surface area contributed by atoms with Gasteiger partial charge in [-0.3, -0.25) is 0 Å². The number of hydrogen-bond donors (Lipinski definition) is 2. The first-order valence-corrected chi connectivity index (χ1v) is 6.74. The molecular weight excluding hydrogens is 254 g/mol. The Hall–Kier alpha value is -2.34. The molecule has 0 spiro atoms. The lowest BCUT2D eigenvalue weighted by Crippen LogP contribution is -2.44. The quantitative estimate of drug-likeness (QED) is 0.740. The number of fused-ring (bicyclic) bond motifs is 1. The highest BCUT2D eigenvalue weighted by Crippen LogP contribution is 2.24. The molecule has 4 rings (SSSR count). The molecule has 0 atom stereocenters. The Bertz CT molecular complexity index is 726. The van der Waals surface area contributed by atoms with E-state index < -0.39 is 0 Å². The number of H-pyrrole nitrogens is 1. The summed E-state index contributed by atoms with van der Waals surface area (Å²) in [4.78, 5) is 14.2. The molecule has 0 radical (unpaired) electrons. The number of oxazole rings is 1. The van der Waals surface area contributed by atoms with Crippen LogP contribution in [0.3, 0.4) is 0 Å². The normalized spacial score (nSPS) is 15.9. The van der Waals surface area contributed by atoms with E-state index in [4.69, 9.17) is 4.42 Å². The number of anilines is 1. The highest BCUT2D eigenvalue weighted by molar-refractivity contribution is 5.79. The fraction of sp³-hybridized carbons (Fsp3) is 0.286. The summed E-state index contributed by atoms with van der Waals surface area (Å²) in [6, 6.07) is 5.97. The van der Waals surface area contributed by atoms with Crippen LogP contribution in [0.15, 0.2) is 35.2 Å². The topological polar surface area (TPSA) is 70.0 Å². The molecular formula is C14H15N5O. The van der Waals surface area contributed by atoms with Gasteiger partial charge in [-0.25, -0.2) is 9.97 Å². The number of nitrogens with one attached hydrogen (secondary N) is 2. The fourth-order valence-electron chi connectivity index (χ4n) is 2.52. The van der Waals surface area contributed by atoms with Gasteiger partial charge in [-0.2, -0.15) is 0 Å². The predicted octanol–water partition coefficient (Wildman–Crippen LogP) is 1.63. The van der Waals surface area contributed by atoms with E-state index in [-0.39, 0.29) is 0 Å². The number of aromatic nitrogens is 3. The Labute approximate surface area is 115 Å². The van der Waals surface area contributed by atoms with Crippen molar-refractivity contribution in [3.8, 4) is 11.3 Å². The van der Waals surface area contributed by atoms with Crippen LogP contribution in [-0.4, -0.2) is 41.1 Å². The van der Waals surface area contributed by atoms with Crippen molar-refractivity contribution in [2.24, 2.45) is 0 Å². The number of piperazine rings is 1. The third kappa shape index (κ3) is 1.94. The first-order chi connectivity index (χ1) is 9.90. The Morgan fingerprint density at radius 3 is 2.95 bits per heavy atom. The fourth-order valence-corrected chi connectivity index (χ4v) is 2.52. The van der Waals surface area contributed by atoms with Gasteiger partial charge in [0.25, 0.3) is 0 Å². The van der Waals surface area contributed by atoms with E-state index in [1.807, 2.05) is 24.4 Å².